The van der Waals surface area contributed by atoms with Crippen LogP contribution in [0.5, 0.6) is 0 Å². The molecule has 174 valence electrons. The second-order valence-corrected chi connectivity index (χ2v) is 8.83. The average Bonchev–Trinajstić information content (AvgIpc) is 3.41. The third-order valence-electron chi connectivity index (χ3n) is 6.24. The number of nitriles is 1. The summed E-state index contributed by atoms with van der Waals surface area (Å²) in [7, 11) is 0. The summed E-state index contributed by atoms with van der Waals surface area (Å²) in [5, 5.41) is 10.2. The first-order valence-electron chi connectivity index (χ1n) is 11.6. The molecule has 0 saturated heterocycles. The maximum Gasteiger partial charge on any atom is 0.198 e. The summed E-state index contributed by atoms with van der Waals surface area (Å²) < 4.78 is 6.31. The van der Waals surface area contributed by atoms with E-state index in [1.165, 1.54) is 0 Å². The summed E-state index contributed by atoms with van der Waals surface area (Å²) in [6.07, 6.45) is 0. The van der Waals surface area contributed by atoms with Crippen LogP contribution in [0.2, 0.25) is 0 Å². The Morgan fingerprint density at radius 1 is 0.806 bits per heavy atom. The van der Waals surface area contributed by atoms with Gasteiger partial charge in [-0.2, -0.15) is 5.26 Å². The highest BCUT2D eigenvalue weighted by Crippen LogP contribution is 2.42. The van der Waals surface area contributed by atoms with E-state index in [-0.39, 0.29) is 39.6 Å². The zero-order valence-corrected chi connectivity index (χ0v) is 19.7. The van der Waals surface area contributed by atoms with E-state index >= 15 is 0 Å². The van der Waals surface area contributed by atoms with Gasteiger partial charge in [-0.25, -0.2) is 0 Å². The molecule has 0 radical (unpaired) electrons. The van der Waals surface area contributed by atoms with Gasteiger partial charge in [0.05, 0.1) is 11.1 Å². The third kappa shape index (κ3) is 3.60. The van der Waals surface area contributed by atoms with Gasteiger partial charge in [-0.3, -0.25) is 14.4 Å². The number of furan rings is 1. The number of nitrogens with zero attached hydrogens (tertiary/aromatic N) is 1. The Kier molecular flexibility index (Phi) is 5.79. The number of ketones is 3. The van der Waals surface area contributed by atoms with E-state index in [0.29, 0.717) is 22.3 Å². The smallest absolute Gasteiger partial charge is 0.198 e. The first kappa shape index (κ1) is 22.9. The van der Waals surface area contributed by atoms with E-state index in [2.05, 4.69) is 6.07 Å². The molecule has 1 aliphatic rings. The number of allylic oxidation sites excluding steroid dienone is 1. The molecule has 5 heteroatoms. The van der Waals surface area contributed by atoms with Crippen molar-refractivity contribution >= 4 is 22.9 Å². The molecule has 0 unspecified atom stereocenters. The number of benzene rings is 3. The molecule has 0 aliphatic heterocycles. The minimum atomic E-state index is -0.453. The summed E-state index contributed by atoms with van der Waals surface area (Å²) in [6, 6.07) is 26.7. The van der Waals surface area contributed by atoms with Gasteiger partial charge in [0.1, 0.15) is 17.4 Å². The molecule has 0 atom stereocenters. The van der Waals surface area contributed by atoms with Crippen molar-refractivity contribution in [1.82, 2.24) is 0 Å². The highest BCUT2D eigenvalue weighted by atomic mass is 16.3. The van der Waals surface area contributed by atoms with Crippen molar-refractivity contribution in [2.24, 2.45) is 5.92 Å². The number of rotatable bonds is 5. The van der Waals surface area contributed by atoms with E-state index in [9.17, 15) is 19.6 Å². The highest BCUT2D eigenvalue weighted by Gasteiger charge is 2.39. The molecule has 0 spiro atoms. The van der Waals surface area contributed by atoms with Crippen LogP contribution < -0.4 is 0 Å². The number of hydrogen-bond acceptors (Lipinski definition) is 5. The van der Waals surface area contributed by atoms with Crippen molar-refractivity contribution in [3.8, 4) is 17.4 Å². The van der Waals surface area contributed by atoms with Gasteiger partial charge < -0.3 is 4.42 Å². The lowest BCUT2D eigenvalue weighted by Crippen LogP contribution is -2.13. The maximum absolute atomic E-state index is 13.6. The molecule has 4 aromatic rings. The van der Waals surface area contributed by atoms with Crippen molar-refractivity contribution in [2.45, 2.75) is 13.8 Å². The summed E-state index contributed by atoms with van der Waals surface area (Å²) in [4.78, 5) is 40.7. The Morgan fingerprint density at radius 3 is 1.86 bits per heavy atom. The van der Waals surface area contributed by atoms with Gasteiger partial charge in [-0.05, 0) is 5.56 Å². The summed E-state index contributed by atoms with van der Waals surface area (Å²) in [5.74, 6) is -1.35. The fourth-order valence-corrected chi connectivity index (χ4v) is 4.50. The fraction of sp³-hybridized carbons (Fsp3) is 0.0968. The molecule has 0 N–H and O–H groups in total. The number of hydrogen-bond donors (Lipinski definition) is 0. The monoisotopic (exact) mass is 471 g/mol. The topological polar surface area (TPSA) is 88.1 Å². The molecule has 0 saturated carbocycles. The van der Waals surface area contributed by atoms with Crippen molar-refractivity contribution in [2.75, 3.05) is 0 Å². The van der Waals surface area contributed by atoms with E-state index in [1.807, 2.05) is 12.1 Å². The Labute approximate surface area is 208 Å². The Morgan fingerprint density at radius 2 is 1.33 bits per heavy atom. The molecule has 0 amide bonds. The van der Waals surface area contributed by atoms with Crippen LogP contribution in [0.15, 0.2) is 94.9 Å². The molecular weight excluding hydrogens is 450 g/mol. The minimum Gasteiger partial charge on any atom is -0.454 e. The van der Waals surface area contributed by atoms with E-state index < -0.39 is 17.5 Å². The lowest BCUT2D eigenvalue weighted by molar-refractivity contribution is 0.0935. The maximum atomic E-state index is 13.6. The van der Waals surface area contributed by atoms with Crippen LogP contribution in [0.4, 0.5) is 0 Å². The molecule has 1 aromatic heterocycles. The average molecular weight is 472 g/mol. The fourth-order valence-electron chi connectivity index (χ4n) is 4.50. The summed E-state index contributed by atoms with van der Waals surface area (Å²) in [6.45, 7) is 3.47. The molecule has 36 heavy (non-hydrogen) atoms. The van der Waals surface area contributed by atoms with Crippen molar-refractivity contribution in [1.29, 1.82) is 5.26 Å². The zero-order chi connectivity index (χ0) is 25.4. The van der Waals surface area contributed by atoms with Gasteiger partial charge in [-0.15, -0.1) is 0 Å². The number of fused-ring (bicyclic) bond motifs is 1. The van der Waals surface area contributed by atoms with E-state index in [0.717, 1.165) is 0 Å². The van der Waals surface area contributed by atoms with Gasteiger partial charge in [-0.1, -0.05) is 98.8 Å². The minimum absolute atomic E-state index is 0.0554. The Bertz CT molecular complexity index is 1560. The predicted molar refractivity (Wildman–Crippen MR) is 136 cm³/mol. The zero-order valence-electron chi connectivity index (χ0n) is 19.7. The second kappa shape index (κ2) is 9.09. The van der Waals surface area contributed by atoms with E-state index in [4.69, 9.17) is 4.42 Å². The lowest BCUT2D eigenvalue weighted by atomic mass is 9.88. The number of carbonyl (C=O) groups is 3. The quantitative estimate of drug-likeness (QED) is 0.187. The van der Waals surface area contributed by atoms with Crippen LogP contribution in [0.1, 0.15) is 61.8 Å². The molecule has 3 aromatic carbocycles. The first-order valence-corrected chi connectivity index (χ1v) is 11.6. The predicted octanol–water partition coefficient (Wildman–Crippen LogP) is 6.54. The highest BCUT2D eigenvalue weighted by molar-refractivity contribution is 6.43. The molecule has 1 heterocycles. The molecule has 1 aliphatic carbocycles. The molecule has 0 bridgehead atoms. The van der Waals surface area contributed by atoms with Gasteiger partial charge in [0.15, 0.2) is 23.1 Å². The van der Waals surface area contributed by atoms with Crippen LogP contribution in [-0.4, -0.2) is 17.3 Å². The van der Waals surface area contributed by atoms with Gasteiger partial charge in [0.25, 0.3) is 0 Å². The van der Waals surface area contributed by atoms with Crippen LogP contribution in [0, 0.1) is 17.2 Å². The normalized spacial score (nSPS) is 12.6. The SMILES string of the molecule is CC(C)C(=O)c1c(C(=C2C(=O)c3ccccc3C2=O)c2ccccc2)oc(-c2ccccc2)c1C#N. The van der Waals surface area contributed by atoms with E-state index in [1.54, 1.807) is 86.6 Å². The summed E-state index contributed by atoms with van der Waals surface area (Å²) >= 11 is 0. The molecule has 5 rings (SSSR count). The first-order chi connectivity index (χ1) is 17.4. The molecular formula is C31H21NO4. The molecule has 5 nitrogen and oxygen atoms in total. The van der Waals surface area contributed by atoms with Crippen LogP contribution >= 0.6 is 0 Å². The van der Waals surface area contributed by atoms with Crippen LogP contribution in [0.25, 0.3) is 16.9 Å². The van der Waals surface area contributed by atoms with Crippen LogP contribution in [0.3, 0.4) is 0 Å². The number of carbonyl (C=O) groups excluding carboxylic acids is 3. The van der Waals surface area contributed by atoms with Crippen molar-refractivity contribution < 1.29 is 18.8 Å². The van der Waals surface area contributed by atoms with Crippen molar-refractivity contribution in [3.05, 3.63) is 124 Å². The Hall–Kier alpha value is -4.82. The van der Waals surface area contributed by atoms with Crippen LogP contribution in [-0.2, 0) is 0 Å². The Balaban J connectivity index is 1.91. The molecule has 0 fully saturated rings. The van der Waals surface area contributed by atoms with Gasteiger partial charge in [0, 0.05) is 28.2 Å². The second-order valence-electron chi connectivity index (χ2n) is 8.83. The van der Waals surface area contributed by atoms with Crippen molar-refractivity contribution in [3.63, 3.8) is 0 Å². The van der Waals surface area contributed by atoms with Gasteiger partial charge in [0.2, 0.25) is 0 Å². The largest absolute Gasteiger partial charge is 0.454 e. The lowest BCUT2D eigenvalue weighted by Gasteiger charge is -2.12. The summed E-state index contributed by atoms with van der Waals surface area (Å²) in [5.41, 5.74) is 2.06. The standard InChI is InChI=1S/C31H21NO4/c1-18(2)27(33)25-23(17-32)30(20-13-7-4-8-14-20)36-31(25)24(19-11-5-3-6-12-19)26-28(34)21-15-9-10-16-22(21)29(26)35/h3-16,18H,1-2H3. The third-order valence-corrected chi connectivity index (χ3v) is 6.24. The van der Waals surface area contributed by atoms with Gasteiger partial charge >= 0.3 is 0 Å². The number of Topliss-reactive ketones (excluding diaryl/α,β-unsaturated/α-hetero) is 3.